The number of nitrogens with zero attached hydrogens (tertiary/aromatic N) is 2. The number of benzene rings is 4. The predicted molar refractivity (Wildman–Crippen MR) is 384 cm³/mol. The van der Waals surface area contributed by atoms with Crippen LogP contribution in [0.15, 0.2) is 116 Å². The molecule has 104 heavy (non-hydrogen) atoms. The second-order valence-electron chi connectivity index (χ2n) is 25.6. The van der Waals surface area contributed by atoms with E-state index in [1.807, 2.05) is 36.4 Å². The summed E-state index contributed by atoms with van der Waals surface area (Å²) in [5.41, 5.74) is 23.9. The molecule has 33 nitrogen and oxygen atoms in total. The number of primary amides is 1. The first-order valence-electron chi connectivity index (χ1n) is 33.7. The zero-order valence-electron chi connectivity index (χ0n) is 57.8. The highest BCUT2D eigenvalue weighted by molar-refractivity contribution is 6.30. The van der Waals surface area contributed by atoms with E-state index >= 15 is 0 Å². The predicted octanol–water partition coefficient (Wildman–Crippen LogP) is -1.31. The number of aromatic hydroxyl groups is 1. The number of carbonyl (C=O) groups is 12. The zero-order valence-corrected chi connectivity index (χ0v) is 58.6. The molecule has 23 N–H and O–H groups in total. The number of phenolic OH excluding ortho intramolecular Hbond substituents is 1. The van der Waals surface area contributed by atoms with Gasteiger partial charge in [-0.3, -0.25) is 73.3 Å². The molecule has 558 valence electrons. The van der Waals surface area contributed by atoms with E-state index in [0.29, 0.717) is 33.7 Å². The van der Waals surface area contributed by atoms with Crippen LogP contribution in [0.2, 0.25) is 5.02 Å². The van der Waals surface area contributed by atoms with Crippen molar-refractivity contribution in [2.75, 3.05) is 19.6 Å². The third kappa shape index (κ3) is 26.8. The van der Waals surface area contributed by atoms with E-state index in [1.165, 1.54) is 48.5 Å². The van der Waals surface area contributed by atoms with Crippen LogP contribution in [0.5, 0.6) is 5.75 Å². The van der Waals surface area contributed by atoms with E-state index in [4.69, 9.17) is 45.4 Å². The lowest BCUT2D eigenvalue weighted by atomic mass is 9.99. The number of rotatable bonds is 39. The van der Waals surface area contributed by atoms with Gasteiger partial charge in [-0.1, -0.05) is 98.2 Å². The standard InChI is InChI=1S/C70H92ClN19O14/c1-38(2)30-50(61(97)83-49(14-8-28-80-70(76)77)68(104)90-29-9-15-56(90)67(103)89-58(72)59(73)95)84-60(96)48(13-7-27-79-69(74)75)82-63(99)52(33-41-19-24-47(92)25-20-41)86-66(102)55(36-57(93)94)88-65(101)54(35-43-10-6-26-78-37-43)87-64(100)53(32-40-17-22-46(71)23-18-40)85-62(98)51(81-39(3)91)34-42-16-21-44-11-4-5-12-45(44)31-42/h4-6,10-12,16-26,31,37-38,48-56,58,92H,7-9,13-15,27-30,32-36,72H2,1-3H3,(H2,73,95)(H,81,91)(H,82,99)(H,83,97)(H,84,96)(H,85,98)(H,86,102)(H,87,100)(H,88,101)(H,89,103)(H,93,94)(H4,74,75,79)(H4,76,77,80)/t48-,49+,50+,51-,52+,53-,54-,55+,56+,58?/m1/s1. The molecule has 34 heteroatoms. The fourth-order valence-electron chi connectivity index (χ4n) is 11.6. The van der Waals surface area contributed by atoms with Crippen molar-refractivity contribution < 1.29 is 67.7 Å². The fraction of sp³-hybridized carbons (Fsp3) is 0.414. The summed E-state index contributed by atoms with van der Waals surface area (Å²) in [4.78, 5) is 174. The summed E-state index contributed by atoms with van der Waals surface area (Å²) in [6.07, 6.45) is -0.350. The van der Waals surface area contributed by atoms with Gasteiger partial charge in [0.25, 0.3) is 5.91 Å². The molecular weight excluding hydrogens is 1370 g/mol. The Bertz CT molecular complexity index is 3870. The average Bonchev–Trinajstić information content (AvgIpc) is 1.53. The first kappa shape index (κ1) is 81.5. The van der Waals surface area contributed by atoms with E-state index in [9.17, 15) is 67.7 Å². The lowest BCUT2D eigenvalue weighted by molar-refractivity contribution is -0.142. The minimum Gasteiger partial charge on any atom is -0.508 e. The molecule has 1 unspecified atom stereocenters. The molecule has 1 fully saturated rings. The summed E-state index contributed by atoms with van der Waals surface area (Å²) >= 11 is 6.23. The molecule has 0 spiro atoms. The number of carbonyl (C=O) groups excluding carboxylic acids is 11. The number of nitrogens with one attached hydrogen (secondary N) is 13. The Hall–Kier alpha value is -11.5. The number of fused-ring (bicyclic) bond motifs is 1. The maximum atomic E-state index is 15.0. The zero-order chi connectivity index (χ0) is 76.2. The van der Waals surface area contributed by atoms with Crippen LogP contribution in [0.3, 0.4) is 0 Å². The van der Waals surface area contributed by atoms with Crippen molar-refractivity contribution in [2.45, 2.75) is 158 Å². The summed E-state index contributed by atoms with van der Waals surface area (Å²) in [7, 11) is 0. The van der Waals surface area contributed by atoms with Gasteiger partial charge < -0.3 is 96.5 Å². The Morgan fingerprint density at radius 2 is 1.02 bits per heavy atom. The second-order valence-corrected chi connectivity index (χ2v) is 26.0. The molecule has 1 aliphatic heterocycles. The number of phenols is 1. The van der Waals surface area contributed by atoms with Crippen molar-refractivity contribution in [1.82, 2.24) is 68.4 Å². The van der Waals surface area contributed by atoms with Gasteiger partial charge in [0.05, 0.1) is 6.42 Å². The van der Waals surface area contributed by atoms with Crippen LogP contribution in [0.1, 0.15) is 94.4 Å². The van der Waals surface area contributed by atoms with Gasteiger partial charge >= 0.3 is 5.97 Å². The largest absolute Gasteiger partial charge is 0.508 e. The summed E-state index contributed by atoms with van der Waals surface area (Å²) in [5, 5.41) is 66.6. The number of likely N-dealkylation sites (tertiary alicyclic amines) is 1. The van der Waals surface area contributed by atoms with Crippen molar-refractivity contribution in [3.8, 4) is 5.75 Å². The normalized spacial score (nSPS) is 15.1. The first-order valence-corrected chi connectivity index (χ1v) is 34.1. The van der Waals surface area contributed by atoms with E-state index in [2.05, 4.69) is 63.5 Å². The number of carboxylic acids is 1. The number of halogens is 1. The van der Waals surface area contributed by atoms with Crippen LogP contribution < -0.4 is 81.4 Å². The van der Waals surface area contributed by atoms with E-state index in [1.54, 1.807) is 56.3 Å². The van der Waals surface area contributed by atoms with Crippen molar-refractivity contribution in [1.29, 1.82) is 10.8 Å². The molecule has 2 heterocycles. The molecule has 1 aliphatic rings. The van der Waals surface area contributed by atoms with Crippen molar-refractivity contribution in [2.24, 2.45) is 28.9 Å². The van der Waals surface area contributed by atoms with Crippen LogP contribution >= 0.6 is 11.6 Å². The summed E-state index contributed by atoms with van der Waals surface area (Å²) < 4.78 is 0. The van der Waals surface area contributed by atoms with Crippen LogP contribution in [-0.4, -0.2) is 183 Å². The van der Waals surface area contributed by atoms with E-state index < -0.39 is 150 Å². The minimum absolute atomic E-state index is 0.000883. The number of carboxylic acid groups (broad SMARTS) is 1. The Balaban J connectivity index is 1.28. The lowest BCUT2D eigenvalue weighted by Gasteiger charge is -2.31. The van der Waals surface area contributed by atoms with Gasteiger partial charge in [-0.25, -0.2) is 0 Å². The Morgan fingerprint density at radius 1 is 0.558 bits per heavy atom. The van der Waals surface area contributed by atoms with E-state index in [-0.39, 0.29) is 95.0 Å². The highest BCUT2D eigenvalue weighted by Gasteiger charge is 2.41. The molecule has 11 amide bonds. The topological polar surface area (TPSA) is 546 Å². The van der Waals surface area contributed by atoms with Crippen molar-refractivity contribution in [3.63, 3.8) is 0 Å². The number of hydrogen-bond donors (Lipinski definition) is 19. The van der Waals surface area contributed by atoms with Gasteiger partial charge in [-0.2, -0.15) is 0 Å². The number of nitrogens with two attached hydrogens (primary N) is 4. The summed E-state index contributed by atoms with van der Waals surface area (Å²) in [5.74, 6) is -12.8. The fourth-order valence-corrected chi connectivity index (χ4v) is 11.7. The molecule has 0 aliphatic carbocycles. The quantitative estimate of drug-likeness (QED) is 0.00940. The maximum absolute atomic E-state index is 15.0. The second kappa shape index (κ2) is 40.2. The highest BCUT2D eigenvalue weighted by atomic mass is 35.5. The lowest BCUT2D eigenvalue weighted by Crippen LogP contribution is -2.61. The monoisotopic (exact) mass is 1460 g/mol. The van der Waals surface area contributed by atoms with Gasteiger partial charge in [0.2, 0.25) is 59.1 Å². The number of hydrogen-bond acceptors (Lipinski definition) is 17. The van der Waals surface area contributed by atoms with Gasteiger partial charge in [0, 0.05) is 69.7 Å². The number of aromatic nitrogens is 1. The van der Waals surface area contributed by atoms with Crippen LogP contribution in [-0.2, 0) is 83.2 Å². The molecule has 10 atom stereocenters. The Morgan fingerprint density at radius 3 is 1.55 bits per heavy atom. The first-order chi connectivity index (χ1) is 49.4. The average molecular weight is 1460 g/mol. The summed E-state index contributed by atoms with van der Waals surface area (Å²) in [6, 6.07) is 14.5. The van der Waals surface area contributed by atoms with Crippen molar-refractivity contribution >= 4 is 105 Å². The minimum atomic E-state index is -2.01. The number of aliphatic carboxylic acids is 1. The van der Waals surface area contributed by atoms with Crippen LogP contribution in [0.4, 0.5) is 0 Å². The molecular formula is C70H92ClN19O14. The molecule has 0 saturated carbocycles. The van der Waals surface area contributed by atoms with Crippen LogP contribution in [0.25, 0.3) is 10.8 Å². The molecule has 0 bridgehead atoms. The third-order valence-corrected chi connectivity index (χ3v) is 17.0. The SMILES string of the molecule is CC(=O)N[C@H](Cc1ccc2ccccc2c1)C(=O)N[C@H](Cc1ccc(Cl)cc1)C(=O)N[C@H](Cc1cccnc1)C(=O)N[C@@H](CC(=O)O)C(=O)N[C@@H](Cc1ccc(O)cc1)C(=O)N[C@H](CCCNC(=N)N)C(=O)N[C@@H](CC(C)C)C(=O)N[C@@H](CCCNC(=N)N)C(=O)N1CCC[C@H]1C(=O)NC(N)C(N)=O. The molecule has 1 saturated heterocycles. The summed E-state index contributed by atoms with van der Waals surface area (Å²) in [6.45, 7) is 4.87. The number of amides is 11. The molecule has 4 aromatic carbocycles. The Labute approximate surface area is 605 Å². The van der Waals surface area contributed by atoms with Gasteiger partial charge in [0.15, 0.2) is 18.1 Å². The van der Waals surface area contributed by atoms with Gasteiger partial charge in [0.1, 0.15) is 60.1 Å². The van der Waals surface area contributed by atoms with Gasteiger partial charge in [-0.05, 0) is 114 Å². The van der Waals surface area contributed by atoms with E-state index in [0.717, 1.165) is 10.8 Å². The number of pyridine rings is 1. The number of guanidine groups is 2. The molecule has 6 rings (SSSR count). The van der Waals surface area contributed by atoms with Crippen LogP contribution in [0, 0.1) is 16.7 Å². The Kier molecular flexibility index (Phi) is 31.5. The third-order valence-electron chi connectivity index (χ3n) is 16.8. The molecule has 0 radical (unpaired) electrons. The molecule has 1 aromatic heterocycles. The maximum Gasteiger partial charge on any atom is 0.305 e. The smallest absolute Gasteiger partial charge is 0.305 e. The highest BCUT2D eigenvalue weighted by Crippen LogP contribution is 2.22. The van der Waals surface area contributed by atoms with Gasteiger partial charge in [-0.15, -0.1) is 0 Å². The van der Waals surface area contributed by atoms with Crippen molar-refractivity contribution in [3.05, 3.63) is 143 Å². The molecule has 5 aromatic rings.